The fourth-order valence-electron chi connectivity index (χ4n) is 2.74. The lowest BCUT2D eigenvalue weighted by molar-refractivity contribution is -0.147. The van der Waals surface area contributed by atoms with Gasteiger partial charge in [-0.25, -0.2) is 0 Å². The number of halogens is 1. The van der Waals surface area contributed by atoms with Gasteiger partial charge in [0.05, 0.1) is 0 Å². The van der Waals surface area contributed by atoms with Gasteiger partial charge >= 0.3 is 5.97 Å². The third-order valence-electron chi connectivity index (χ3n) is 3.97. The van der Waals surface area contributed by atoms with E-state index in [1.54, 1.807) is 12.1 Å². The Bertz CT molecular complexity index is 920. The summed E-state index contributed by atoms with van der Waals surface area (Å²) in [6, 6.07) is 15.3. The number of hydrogen-bond donors (Lipinski definition) is 2. The zero-order chi connectivity index (χ0) is 18.4. The van der Waals surface area contributed by atoms with E-state index in [1.807, 2.05) is 36.5 Å². The number of esters is 1. The maximum Gasteiger partial charge on any atom is 0.306 e. The molecule has 1 heterocycles. The molecule has 3 aromatic rings. The Kier molecular flexibility index (Phi) is 6.07. The average Bonchev–Trinajstić information content (AvgIpc) is 3.03. The normalized spacial score (nSPS) is 10.7. The number of aromatic amines is 1. The number of benzene rings is 2. The minimum absolute atomic E-state index is 0.279. The summed E-state index contributed by atoms with van der Waals surface area (Å²) in [4.78, 5) is 26.9. The van der Waals surface area contributed by atoms with Crippen molar-refractivity contribution in [1.29, 1.82) is 0 Å². The van der Waals surface area contributed by atoms with Gasteiger partial charge in [0.25, 0.3) is 5.91 Å². The third-order valence-corrected chi connectivity index (χ3v) is 4.47. The molecular weight excluding hydrogens is 396 g/mol. The summed E-state index contributed by atoms with van der Waals surface area (Å²) >= 11 is 3.34. The number of H-pyrrole nitrogens is 1. The van der Waals surface area contributed by atoms with Crippen LogP contribution in [0.15, 0.2) is 59.2 Å². The van der Waals surface area contributed by atoms with E-state index in [9.17, 15) is 9.59 Å². The minimum Gasteiger partial charge on any atom is -0.456 e. The number of ether oxygens (including phenoxy) is 1. The van der Waals surface area contributed by atoms with E-state index >= 15 is 0 Å². The Balaban J connectivity index is 1.39. The van der Waals surface area contributed by atoms with Crippen LogP contribution in [-0.2, 0) is 20.7 Å². The van der Waals surface area contributed by atoms with Crippen LogP contribution in [0.4, 0.5) is 5.69 Å². The molecule has 2 aromatic carbocycles. The smallest absolute Gasteiger partial charge is 0.306 e. The van der Waals surface area contributed by atoms with E-state index in [0.29, 0.717) is 12.1 Å². The first-order chi connectivity index (χ1) is 12.6. The van der Waals surface area contributed by atoms with Crippen molar-refractivity contribution in [3.8, 4) is 0 Å². The van der Waals surface area contributed by atoms with Crippen LogP contribution in [0, 0.1) is 0 Å². The molecule has 26 heavy (non-hydrogen) atoms. The first-order valence-corrected chi connectivity index (χ1v) is 9.17. The summed E-state index contributed by atoms with van der Waals surface area (Å²) in [6.45, 7) is -0.279. The molecule has 1 aromatic heterocycles. The lowest BCUT2D eigenvalue weighted by atomic mass is 10.1. The molecule has 0 aliphatic rings. The van der Waals surface area contributed by atoms with Crippen LogP contribution < -0.4 is 5.32 Å². The molecular formula is C20H19BrN2O3. The Morgan fingerprint density at radius 2 is 1.96 bits per heavy atom. The SMILES string of the molecule is O=C(COC(=O)CCCc1c[nH]c2ccccc12)Nc1cccc(Br)c1. The molecule has 0 saturated carbocycles. The molecule has 6 heteroatoms. The molecule has 0 fully saturated rings. The van der Waals surface area contributed by atoms with E-state index in [1.165, 1.54) is 10.9 Å². The van der Waals surface area contributed by atoms with Crippen LogP contribution in [0.25, 0.3) is 10.9 Å². The van der Waals surface area contributed by atoms with Crippen LogP contribution >= 0.6 is 15.9 Å². The number of rotatable bonds is 7. The summed E-state index contributed by atoms with van der Waals surface area (Å²) in [5.74, 6) is -0.720. The van der Waals surface area contributed by atoms with Gasteiger partial charge < -0.3 is 15.0 Å². The molecule has 0 aliphatic carbocycles. The summed E-state index contributed by atoms with van der Waals surface area (Å²) in [5.41, 5.74) is 2.93. The number of aryl methyl sites for hydroxylation is 1. The average molecular weight is 415 g/mol. The Morgan fingerprint density at radius 3 is 2.81 bits per heavy atom. The van der Waals surface area contributed by atoms with Gasteiger partial charge in [0.2, 0.25) is 0 Å². The van der Waals surface area contributed by atoms with Gasteiger partial charge in [-0.1, -0.05) is 40.2 Å². The van der Waals surface area contributed by atoms with Crippen LogP contribution in [0.1, 0.15) is 18.4 Å². The molecule has 0 radical (unpaired) electrons. The predicted octanol–water partition coefficient (Wildman–Crippen LogP) is 4.44. The van der Waals surface area contributed by atoms with Crippen LogP contribution in [0.2, 0.25) is 0 Å². The number of hydrogen-bond acceptors (Lipinski definition) is 3. The van der Waals surface area contributed by atoms with Gasteiger partial charge in [-0.3, -0.25) is 9.59 Å². The minimum atomic E-state index is -0.366. The van der Waals surface area contributed by atoms with Crippen molar-refractivity contribution in [2.75, 3.05) is 11.9 Å². The molecule has 2 N–H and O–H groups in total. The van der Waals surface area contributed by atoms with Crippen molar-refractivity contribution in [1.82, 2.24) is 4.98 Å². The first-order valence-electron chi connectivity index (χ1n) is 8.38. The summed E-state index contributed by atoms with van der Waals surface area (Å²) in [6.07, 6.45) is 3.71. The number of fused-ring (bicyclic) bond motifs is 1. The van der Waals surface area contributed by atoms with E-state index in [4.69, 9.17) is 4.74 Å². The number of carbonyl (C=O) groups is 2. The fraction of sp³-hybridized carbons (Fsp3) is 0.200. The number of aromatic nitrogens is 1. The van der Waals surface area contributed by atoms with Crippen LogP contribution in [-0.4, -0.2) is 23.5 Å². The van der Waals surface area contributed by atoms with E-state index in [2.05, 4.69) is 32.3 Å². The second-order valence-corrected chi connectivity index (χ2v) is 6.85. The highest BCUT2D eigenvalue weighted by molar-refractivity contribution is 9.10. The molecule has 134 valence electrons. The maximum atomic E-state index is 11.8. The van der Waals surface area contributed by atoms with E-state index < -0.39 is 0 Å². The van der Waals surface area contributed by atoms with Gasteiger partial charge in [-0.05, 0) is 42.7 Å². The van der Waals surface area contributed by atoms with Crippen molar-refractivity contribution in [2.24, 2.45) is 0 Å². The quantitative estimate of drug-likeness (QED) is 0.561. The predicted molar refractivity (Wildman–Crippen MR) is 105 cm³/mol. The topological polar surface area (TPSA) is 71.2 Å². The highest BCUT2D eigenvalue weighted by Gasteiger charge is 2.09. The van der Waals surface area contributed by atoms with Crippen molar-refractivity contribution in [3.05, 3.63) is 64.8 Å². The van der Waals surface area contributed by atoms with E-state index in [0.717, 1.165) is 16.4 Å². The Hall–Kier alpha value is -2.60. The number of para-hydroxylation sites is 1. The molecule has 0 unspecified atom stereocenters. The molecule has 0 aliphatic heterocycles. The van der Waals surface area contributed by atoms with Crippen LogP contribution in [0.5, 0.6) is 0 Å². The largest absolute Gasteiger partial charge is 0.456 e. The lowest BCUT2D eigenvalue weighted by Crippen LogP contribution is -2.20. The van der Waals surface area contributed by atoms with Crippen molar-refractivity contribution in [3.63, 3.8) is 0 Å². The molecule has 3 rings (SSSR count). The third kappa shape index (κ3) is 4.95. The zero-order valence-electron chi connectivity index (χ0n) is 14.1. The van der Waals surface area contributed by atoms with E-state index in [-0.39, 0.29) is 24.9 Å². The first kappa shape index (κ1) is 18.2. The highest BCUT2D eigenvalue weighted by atomic mass is 79.9. The lowest BCUT2D eigenvalue weighted by Gasteiger charge is -2.07. The van der Waals surface area contributed by atoms with Gasteiger partial charge in [0.15, 0.2) is 6.61 Å². The Labute approximate surface area is 159 Å². The molecule has 0 saturated heterocycles. The molecule has 0 atom stereocenters. The summed E-state index contributed by atoms with van der Waals surface area (Å²) in [5, 5.41) is 3.86. The zero-order valence-corrected chi connectivity index (χ0v) is 15.7. The van der Waals surface area contributed by atoms with Gasteiger partial charge in [-0.2, -0.15) is 0 Å². The highest BCUT2D eigenvalue weighted by Crippen LogP contribution is 2.19. The van der Waals surface area contributed by atoms with Crippen LogP contribution in [0.3, 0.4) is 0 Å². The summed E-state index contributed by atoms with van der Waals surface area (Å²) in [7, 11) is 0. The number of nitrogens with one attached hydrogen (secondary N) is 2. The second-order valence-electron chi connectivity index (χ2n) is 5.93. The van der Waals surface area contributed by atoms with Crippen molar-refractivity contribution in [2.45, 2.75) is 19.3 Å². The van der Waals surface area contributed by atoms with Gasteiger partial charge in [-0.15, -0.1) is 0 Å². The van der Waals surface area contributed by atoms with Crippen molar-refractivity contribution < 1.29 is 14.3 Å². The molecule has 0 spiro atoms. The maximum absolute atomic E-state index is 11.8. The van der Waals surface area contributed by atoms with Crippen molar-refractivity contribution >= 4 is 44.4 Å². The van der Waals surface area contributed by atoms with Gasteiger partial charge in [0, 0.05) is 33.7 Å². The Morgan fingerprint density at radius 1 is 1.12 bits per heavy atom. The molecule has 0 bridgehead atoms. The number of anilines is 1. The number of amides is 1. The summed E-state index contributed by atoms with van der Waals surface area (Å²) < 4.78 is 5.91. The fourth-order valence-corrected chi connectivity index (χ4v) is 3.14. The molecule has 5 nitrogen and oxygen atoms in total. The molecule has 1 amide bonds. The number of carbonyl (C=O) groups excluding carboxylic acids is 2. The van der Waals surface area contributed by atoms with Gasteiger partial charge in [0.1, 0.15) is 0 Å². The second kappa shape index (κ2) is 8.67. The monoisotopic (exact) mass is 414 g/mol. The standard InChI is InChI=1S/C20H19BrN2O3/c21-15-6-4-7-16(11-15)23-19(24)13-26-20(25)10-3-5-14-12-22-18-9-2-1-8-17(14)18/h1-2,4,6-9,11-12,22H,3,5,10,13H2,(H,23,24).